The van der Waals surface area contributed by atoms with Gasteiger partial charge < -0.3 is 15.8 Å². The van der Waals surface area contributed by atoms with Gasteiger partial charge in [-0.15, -0.1) is 0 Å². The van der Waals surface area contributed by atoms with Crippen LogP contribution in [0.4, 0.5) is 10.2 Å². The highest BCUT2D eigenvalue weighted by Crippen LogP contribution is 2.36. The van der Waals surface area contributed by atoms with Crippen molar-refractivity contribution >= 4 is 16.9 Å². The number of aromatic nitrogens is 4. The molecule has 38 heavy (non-hydrogen) atoms. The number of piperidine rings is 1. The van der Waals surface area contributed by atoms with Gasteiger partial charge in [-0.25, -0.2) is 19.0 Å². The zero-order valence-corrected chi connectivity index (χ0v) is 21.1. The van der Waals surface area contributed by atoms with Crippen LogP contribution in [0.25, 0.3) is 22.3 Å². The van der Waals surface area contributed by atoms with Gasteiger partial charge in [0, 0.05) is 56.9 Å². The molecule has 9 nitrogen and oxygen atoms in total. The predicted octanol–water partition coefficient (Wildman–Crippen LogP) is 3.11. The molecule has 3 fully saturated rings. The summed E-state index contributed by atoms with van der Waals surface area (Å²) >= 11 is 0. The SMILES string of the molecule is Nc1ncnc2c1c(-c1ccc(Oc3ccccc3)cc1)nn2[C@@H]1CCN(C2CN(C3CNC3)C2)C[C@H]1F. The van der Waals surface area contributed by atoms with Crippen molar-refractivity contribution in [2.75, 3.05) is 45.0 Å². The third-order valence-electron chi connectivity index (χ3n) is 8.16. The maximum Gasteiger partial charge on any atom is 0.164 e. The van der Waals surface area contributed by atoms with Crippen molar-refractivity contribution in [1.82, 2.24) is 34.9 Å². The second-order valence-corrected chi connectivity index (χ2v) is 10.5. The van der Waals surface area contributed by atoms with E-state index in [1.54, 1.807) is 4.68 Å². The Morgan fingerprint density at radius 3 is 2.37 bits per heavy atom. The Hall–Kier alpha value is -3.60. The van der Waals surface area contributed by atoms with E-state index in [-0.39, 0.29) is 0 Å². The van der Waals surface area contributed by atoms with Gasteiger partial charge in [-0.2, -0.15) is 5.10 Å². The molecule has 0 spiro atoms. The van der Waals surface area contributed by atoms with E-state index in [0.29, 0.717) is 53.3 Å². The molecule has 10 heteroatoms. The highest BCUT2D eigenvalue weighted by molar-refractivity contribution is 5.98. The number of nitrogens with zero attached hydrogens (tertiary/aromatic N) is 6. The van der Waals surface area contributed by atoms with Crippen molar-refractivity contribution in [2.24, 2.45) is 0 Å². The lowest BCUT2D eigenvalue weighted by molar-refractivity contribution is -0.0386. The predicted molar refractivity (Wildman–Crippen MR) is 144 cm³/mol. The first-order valence-corrected chi connectivity index (χ1v) is 13.3. The summed E-state index contributed by atoms with van der Waals surface area (Å²) in [5.74, 6) is 1.82. The summed E-state index contributed by atoms with van der Waals surface area (Å²) in [4.78, 5) is 13.5. The molecule has 0 amide bonds. The Morgan fingerprint density at radius 1 is 0.895 bits per heavy atom. The van der Waals surface area contributed by atoms with Gasteiger partial charge in [-0.1, -0.05) is 18.2 Å². The van der Waals surface area contributed by atoms with E-state index in [0.717, 1.165) is 44.0 Å². The lowest BCUT2D eigenvalue weighted by atomic mass is 9.96. The molecule has 0 bridgehead atoms. The van der Waals surface area contributed by atoms with Crippen LogP contribution in [0.15, 0.2) is 60.9 Å². The number of hydrogen-bond acceptors (Lipinski definition) is 8. The van der Waals surface area contributed by atoms with Crippen molar-refractivity contribution in [1.29, 1.82) is 0 Å². The van der Waals surface area contributed by atoms with Gasteiger partial charge in [-0.3, -0.25) is 9.80 Å². The fourth-order valence-electron chi connectivity index (χ4n) is 5.81. The summed E-state index contributed by atoms with van der Waals surface area (Å²) in [5, 5.41) is 8.87. The standard InChI is InChI=1S/C28H31FN8O/c29-23-16-35(20-14-36(15-20)19-12-31-13-19)11-10-24(23)37-28-25(27(30)32-17-33-28)26(34-37)18-6-8-22(9-7-18)38-21-4-2-1-3-5-21/h1-9,17,19-20,23-24,31H,10-16H2,(H2,30,32,33)/t23-,24-/m1/s1. The largest absolute Gasteiger partial charge is 0.457 e. The summed E-state index contributed by atoms with van der Waals surface area (Å²) in [6.07, 6.45) is 1.06. The molecule has 196 valence electrons. The van der Waals surface area contributed by atoms with Gasteiger partial charge in [0.25, 0.3) is 0 Å². The number of alkyl halides is 1. The first-order chi connectivity index (χ1) is 18.6. The molecular formula is C28H31FN8O. The van der Waals surface area contributed by atoms with Gasteiger partial charge >= 0.3 is 0 Å². The lowest BCUT2D eigenvalue weighted by Crippen LogP contribution is -2.69. The summed E-state index contributed by atoms with van der Waals surface area (Å²) in [5.41, 5.74) is 8.39. The number of hydrogen-bond donors (Lipinski definition) is 2. The Morgan fingerprint density at radius 2 is 1.66 bits per heavy atom. The van der Waals surface area contributed by atoms with Gasteiger partial charge in [-0.05, 0) is 42.8 Å². The number of anilines is 1. The quantitative estimate of drug-likeness (QED) is 0.405. The molecule has 0 radical (unpaired) electrons. The van der Waals surface area contributed by atoms with Crippen LogP contribution in [0.3, 0.4) is 0 Å². The third-order valence-corrected chi connectivity index (χ3v) is 8.16. The summed E-state index contributed by atoms with van der Waals surface area (Å²) < 4.78 is 23.4. The van der Waals surface area contributed by atoms with Crippen LogP contribution in [0, 0.1) is 0 Å². The minimum atomic E-state index is -1.04. The average molecular weight is 515 g/mol. The first kappa shape index (κ1) is 23.5. The molecule has 0 unspecified atom stereocenters. The number of rotatable bonds is 6. The van der Waals surface area contributed by atoms with Crippen LogP contribution in [0.2, 0.25) is 0 Å². The van der Waals surface area contributed by atoms with Crippen molar-refractivity contribution in [3.05, 3.63) is 60.9 Å². The van der Waals surface area contributed by atoms with E-state index in [1.807, 2.05) is 54.6 Å². The van der Waals surface area contributed by atoms with Crippen LogP contribution in [-0.4, -0.2) is 87.1 Å². The fourth-order valence-corrected chi connectivity index (χ4v) is 5.81. The van der Waals surface area contributed by atoms with Crippen LogP contribution in [0.1, 0.15) is 12.5 Å². The average Bonchev–Trinajstić information content (AvgIpc) is 3.26. The van der Waals surface area contributed by atoms with E-state index in [4.69, 9.17) is 15.6 Å². The Bertz CT molecular complexity index is 1420. The molecule has 7 rings (SSSR count). The zero-order chi connectivity index (χ0) is 25.6. The molecule has 3 aliphatic heterocycles. The summed E-state index contributed by atoms with van der Waals surface area (Å²) in [6, 6.07) is 18.0. The van der Waals surface area contributed by atoms with Crippen molar-refractivity contribution in [3.8, 4) is 22.8 Å². The summed E-state index contributed by atoms with van der Waals surface area (Å²) in [7, 11) is 0. The molecule has 0 saturated carbocycles. The molecule has 5 heterocycles. The van der Waals surface area contributed by atoms with Crippen LogP contribution < -0.4 is 15.8 Å². The monoisotopic (exact) mass is 514 g/mol. The Kier molecular flexibility index (Phi) is 5.95. The molecule has 2 atom stereocenters. The normalized spacial score (nSPS) is 23.3. The van der Waals surface area contributed by atoms with E-state index < -0.39 is 12.2 Å². The maximum atomic E-state index is 15.7. The zero-order valence-electron chi connectivity index (χ0n) is 21.1. The molecule has 2 aromatic carbocycles. The Labute approximate surface area is 220 Å². The minimum absolute atomic E-state index is 0.341. The number of fused-ring (bicyclic) bond motifs is 1. The molecule has 3 N–H and O–H groups in total. The van der Waals surface area contributed by atoms with E-state index in [9.17, 15) is 0 Å². The number of nitrogens with one attached hydrogen (secondary N) is 1. The second-order valence-electron chi connectivity index (χ2n) is 10.5. The van der Waals surface area contributed by atoms with Crippen molar-refractivity contribution < 1.29 is 9.13 Å². The number of ether oxygens (including phenoxy) is 1. The fraction of sp³-hybridized carbons (Fsp3) is 0.393. The number of likely N-dealkylation sites (tertiary alicyclic amines) is 2. The Balaban J connectivity index is 1.12. The smallest absolute Gasteiger partial charge is 0.164 e. The van der Waals surface area contributed by atoms with E-state index in [1.165, 1.54) is 6.33 Å². The number of benzene rings is 2. The van der Waals surface area contributed by atoms with Crippen LogP contribution in [0.5, 0.6) is 11.5 Å². The van der Waals surface area contributed by atoms with Gasteiger partial charge in [0.15, 0.2) is 5.65 Å². The third kappa shape index (κ3) is 4.18. The van der Waals surface area contributed by atoms with Crippen molar-refractivity contribution in [3.63, 3.8) is 0 Å². The van der Waals surface area contributed by atoms with Crippen LogP contribution >= 0.6 is 0 Å². The number of halogens is 1. The maximum absolute atomic E-state index is 15.7. The molecule has 4 aromatic rings. The topological polar surface area (TPSA) is 97.4 Å². The van der Waals surface area contributed by atoms with Crippen LogP contribution in [-0.2, 0) is 0 Å². The molecular weight excluding hydrogens is 483 g/mol. The van der Waals surface area contributed by atoms with E-state index in [2.05, 4.69) is 25.1 Å². The van der Waals surface area contributed by atoms with Gasteiger partial charge in [0.05, 0.1) is 11.4 Å². The second kappa shape index (κ2) is 9.61. The highest BCUT2D eigenvalue weighted by atomic mass is 19.1. The molecule has 2 aromatic heterocycles. The number of nitrogen functional groups attached to an aromatic ring is 1. The minimum Gasteiger partial charge on any atom is -0.457 e. The van der Waals surface area contributed by atoms with E-state index >= 15 is 4.39 Å². The first-order valence-electron chi connectivity index (χ1n) is 13.3. The van der Waals surface area contributed by atoms with Gasteiger partial charge in [0.1, 0.15) is 35.5 Å². The summed E-state index contributed by atoms with van der Waals surface area (Å²) in [6.45, 7) is 5.47. The number of para-hydroxylation sites is 1. The molecule has 3 aliphatic rings. The molecule has 0 aliphatic carbocycles. The highest BCUT2D eigenvalue weighted by Gasteiger charge is 2.42. The lowest BCUT2D eigenvalue weighted by Gasteiger charge is -2.53. The van der Waals surface area contributed by atoms with Crippen molar-refractivity contribution in [2.45, 2.75) is 30.7 Å². The molecule has 3 saturated heterocycles. The van der Waals surface area contributed by atoms with Gasteiger partial charge in [0.2, 0.25) is 0 Å². The number of nitrogens with two attached hydrogens (primary N) is 1.